The van der Waals surface area contributed by atoms with Gasteiger partial charge in [0.2, 0.25) is 0 Å². The molecule has 1 aliphatic rings. The van der Waals surface area contributed by atoms with Crippen molar-refractivity contribution >= 4 is 18.4 Å². The van der Waals surface area contributed by atoms with Crippen molar-refractivity contribution in [3.63, 3.8) is 0 Å². The molecule has 0 radical (unpaired) electrons. The lowest BCUT2D eigenvalue weighted by molar-refractivity contribution is -0.152. The molecule has 6 nitrogen and oxygen atoms in total. The predicted octanol–water partition coefficient (Wildman–Crippen LogP) is 5.60. The van der Waals surface area contributed by atoms with E-state index in [4.69, 9.17) is 14.2 Å². The number of hydrogen-bond donors (Lipinski definition) is 1. The second-order valence-corrected chi connectivity index (χ2v) is 10.1. The summed E-state index contributed by atoms with van der Waals surface area (Å²) in [5.41, 5.74) is 3.28. The molecule has 0 aromatic heterocycles. The molecule has 3 atom stereocenters. The van der Waals surface area contributed by atoms with Gasteiger partial charge in [-0.05, 0) is 97.5 Å². The molecule has 1 unspecified atom stereocenters. The Bertz CT molecular complexity index is 1020. The van der Waals surface area contributed by atoms with Crippen molar-refractivity contribution in [2.24, 2.45) is 11.8 Å². The fourth-order valence-corrected chi connectivity index (χ4v) is 5.34. The maximum absolute atomic E-state index is 13.7. The van der Waals surface area contributed by atoms with Gasteiger partial charge < -0.3 is 24.2 Å². The Morgan fingerprint density at radius 1 is 1.14 bits per heavy atom. The molecule has 1 aliphatic carbocycles. The maximum Gasteiger partial charge on any atom is 0.332 e. The largest absolute Gasteiger partial charge is 0.497 e. The number of halogens is 2. The van der Waals surface area contributed by atoms with E-state index in [0.717, 1.165) is 48.4 Å². The van der Waals surface area contributed by atoms with Gasteiger partial charge >= 0.3 is 5.97 Å². The van der Waals surface area contributed by atoms with Crippen LogP contribution in [0.15, 0.2) is 36.4 Å². The number of carboxylic acid groups (broad SMARTS) is 1. The minimum absolute atomic E-state index is 0. The molecule has 0 fully saturated rings. The van der Waals surface area contributed by atoms with Gasteiger partial charge in [-0.2, -0.15) is 0 Å². The molecule has 0 heterocycles. The quantitative estimate of drug-likeness (QED) is 0.359. The first-order valence-electron chi connectivity index (χ1n) is 12.8. The van der Waals surface area contributed by atoms with Crippen LogP contribution >= 0.6 is 12.4 Å². The number of fused-ring (bicyclic) bond motifs is 1. The minimum atomic E-state index is -0.933. The van der Waals surface area contributed by atoms with Crippen LogP contribution in [0.5, 0.6) is 11.5 Å². The molecular formula is C29H41ClFNO5. The molecule has 0 aliphatic heterocycles. The SMILES string of the molecule is COc1ccc(OC)c(CCN(C)CCC(OC[C@@H]2CCc3cc(F)ccc3[C@@H]2C(C)C)C(=O)O)c1.Cl. The Kier molecular flexibility index (Phi) is 12.1. The number of carbonyl (C=O) groups is 1. The standard InChI is InChI=1S/C29H40FNO5.ClH/c1-19(2)28-22(7-6-20-16-23(30)8-10-25(20)28)18-36-27(29(32)33)13-15-31(3)14-12-21-17-24(34-4)9-11-26(21)35-5;/h8-11,16-17,19,22,27-28H,6-7,12-15,18H2,1-5H3,(H,32,33);1H/t22-,27?,28+;/m0./s1. The van der Waals surface area contributed by atoms with Crippen molar-refractivity contribution in [2.45, 2.75) is 51.6 Å². The Morgan fingerprint density at radius 2 is 1.89 bits per heavy atom. The maximum atomic E-state index is 13.7. The summed E-state index contributed by atoms with van der Waals surface area (Å²) in [6.45, 7) is 6.07. The van der Waals surface area contributed by atoms with Gasteiger partial charge in [0.05, 0.1) is 20.8 Å². The molecule has 2 aromatic rings. The number of aryl methyl sites for hydroxylation is 1. The van der Waals surface area contributed by atoms with Crippen LogP contribution in [0.1, 0.15) is 49.3 Å². The molecule has 1 N–H and O–H groups in total. The summed E-state index contributed by atoms with van der Waals surface area (Å²) >= 11 is 0. The summed E-state index contributed by atoms with van der Waals surface area (Å²) in [5, 5.41) is 9.80. The van der Waals surface area contributed by atoms with Crippen molar-refractivity contribution in [2.75, 3.05) is 41.0 Å². The highest BCUT2D eigenvalue weighted by atomic mass is 35.5. The van der Waals surface area contributed by atoms with Gasteiger partial charge in [-0.25, -0.2) is 9.18 Å². The highest BCUT2D eigenvalue weighted by molar-refractivity contribution is 5.85. The molecule has 2 aromatic carbocycles. The van der Waals surface area contributed by atoms with Crippen molar-refractivity contribution in [3.05, 3.63) is 58.9 Å². The molecule has 0 saturated heterocycles. The van der Waals surface area contributed by atoms with E-state index in [9.17, 15) is 14.3 Å². The number of ether oxygens (including phenoxy) is 3. The summed E-state index contributed by atoms with van der Waals surface area (Å²) in [5.74, 6) is 1.25. The van der Waals surface area contributed by atoms with Crippen LogP contribution in [-0.4, -0.2) is 63.0 Å². The third-order valence-corrected chi connectivity index (χ3v) is 7.29. The van der Waals surface area contributed by atoms with E-state index in [1.807, 2.05) is 31.3 Å². The summed E-state index contributed by atoms with van der Waals surface area (Å²) in [6.07, 6.45) is 1.96. The number of carboxylic acids is 1. The lowest BCUT2D eigenvalue weighted by atomic mass is 9.70. The topological polar surface area (TPSA) is 68.2 Å². The average Bonchev–Trinajstić information content (AvgIpc) is 2.86. The molecule has 8 heteroatoms. The van der Waals surface area contributed by atoms with Crippen molar-refractivity contribution < 1.29 is 28.5 Å². The molecule has 0 amide bonds. The van der Waals surface area contributed by atoms with Crippen LogP contribution in [0.2, 0.25) is 0 Å². The third kappa shape index (κ3) is 8.32. The summed E-state index contributed by atoms with van der Waals surface area (Å²) in [6, 6.07) is 10.8. The number of likely N-dealkylation sites (N-methyl/N-ethyl adjacent to an activating group) is 1. The molecule has 3 rings (SSSR count). The molecule has 0 saturated carbocycles. The van der Waals surface area contributed by atoms with E-state index in [-0.39, 0.29) is 30.1 Å². The Morgan fingerprint density at radius 3 is 2.54 bits per heavy atom. The lowest BCUT2D eigenvalue weighted by Crippen LogP contribution is -2.34. The minimum Gasteiger partial charge on any atom is -0.497 e. The number of rotatable bonds is 13. The fourth-order valence-electron chi connectivity index (χ4n) is 5.34. The highest BCUT2D eigenvalue weighted by Gasteiger charge is 2.33. The zero-order valence-corrected chi connectivity index (χ0v) is 23.4. The Balaban J connectivity index is 0.00000481. The number of benzene rings is 2. The first-order valence-corrected chi connectivity index (χ1v) is 12.8. The van der Waals surface area contributed by atoms with Gasteiger partial charge in [-0.1, -0.05) is 19.9 Å². The van der Waals surface area contributed by atoms with Crippen LogP contribution in [0.25, 0.3) is 0 Å². The van der Waals surface area contributed by atoms with Crippen LogP contribution < -0.4 is 9.47 Å². The summed E-state index contributed by atoms with van der Waals surface area (Å²) in [7, 11) is 5.27. The zero-order chi connectivity index (χ0) is 26.2. The Hall–Kier alpha value is -2.35. The first-order chi connectivity index (χ1) is 17.2. The number of aliphatic carboxylic acids is 1. The van der Waals surface area contributed by atoms with Crippen molar-refractivity contribution in [1.82, 2.24) is 4.90 Å². The Labute approximate surface area is 226 Å². The highest BCUT2D eigenvalue weighted by Crippen LogP contribution is 2.41. The number of methoxy groups -OCH3 is 2. The van der Waals surface area contributed by atoms with E-state index < -0.39 is 12.1 Å². The molecule has 37 heavy (non-hydrogen) atoms. The van der Waals surface area contributed by atoms with Crippen molar-refractivity contribution in [1.29, 1.82) is 0 Å². The second-order valence-electron chi connectivity index (χ2n) is 10.1. The van der Waals surface area contributed by atoms with Crippen LogP contribution in [-0.2, 0) is 22.4 Å². The van der Waals surface area contributed by atoms with Gasteiger partial charge in [-0.15, -0.1) is 12.4 Å². The van der Waals surface area contributed by atoms with Crippen molar-refractivity contribution in [3.8, 4) is 11.5 Å². The van der Waals surface area contributed by atoms with E-state index in [2.05, 4.69) is 18.7 Å². The van der Waals surface area contributed by atoms with Gasteiger partial charge in [0.1, 0.15) is 17.3 Å². The molecular weight excluding hydrogens is 497 g/mol. The van der Waals surface area contributed by atoms with Gasteiger partial charge in [0.25, 0.3) is 0 Å². The zero-order valence-electron chi connectivity index (χ0n) is 22.5. The normalized spacial score (nSPS) is 17.7. The third-order valence-electron chi connectivity index (χ3n) is 7.29. The predicted molar refractivity (Wildman–Crippen MR) is 146 cm³/mol. The molecule has 206 valence electrons. The van der Waals surface area contributed by atoms with Gasteiger partial charge in [-0.3, -0.25) is 0 Å². The van der Waals surface area contributed by atoms with E-state index >= 15 is 0 Å². The first kappa shape index (κ1) is 30.9. The smallest absolute Gasteiger partial charge is 0.332 e. The summed E-state index contributed by atoms with van der Waals surface area (Å²) in [4.78, 5) is 14.1. The van der Waals surface area contributed by atoms with Crippen LogP contribution in [0.3, 0.4) is 0 Å². The second kappa shape index (κ2) is 14.6. The molecule has 0 bridgehead atoms. The average molecular weight is 538 g/mol. The van der Waals surface area contributed by atoms with E-state index in [0.29, 0.717) is 25.5 Å². The van der Waals surface area contributed by atoms with Gasteiger partial charge in [0, 0.05) is 13.1 Å². The van der Waals surface area contributed by atoms with Gasteiger partial charge in [0.15, 0.2) is 6.10 Å². The number of nitrogens with zero attached hydrogens (tertiary/aromatic N) is 1. The number of hydrogen-bond acceptors (Lipinski definition) is 5. The van der Waals surface area contributed by atoms with Crippen LogP contribution in [0.4, 0.5) is 4.39 Å². The lowest BCUT2D eigenvalue weighted by Gasteiger charge is -2.36. The monoisotopic (exact) mass is 537 g/mol. The van der Waals surface area contributed by atoms with Crippen LogP contribution in [0, 0.1) is 17.7 Å². The summed E-state index contributed by atoms with van der Waals surface area (Å²) < 4.78 is 30.5. The fraction of sp³-hybridized carbons (Fsp3) is 0.552. The van der Waals surface area contributed by atoms with E-state index in [1.54, 1.807) is 20.3 Å². The molecule has 0 spiro atoms. The van der Waals surface area contributed by atoms with E-state index in [1.165, 1.54) is 11.6 Å².